The average molecular weight is 331 g/mol. The number of thioether (sulfide) groups is 1. The Morgan fingerprint density at radius 3 is 2.74 bits per heavy atom. The van der Waals surface area contributed by atoms with E-state index >= 15 is 0 Å². The Hall–Kier alpha value is -2.18. The zero-order valence-corrected chi connectivity index (χ0v) is 14.3. The molecule has 0 saturated carbocycles. The Morgan fingerprint density at radius 1 is 1.26 bits per heavy atom. The number of nitrogens with one attached hydrogen (secondary N) is 2. The van der Waals surface area contributed by atoms with Gasteiger partial charge in [-0.15, -0.1) is 11.8 Å². The van der Waals surface area contributed by atoms with Crippen molar-refractivity contribution in [3.8, 4) is 5.75 Å². The molecule has 2 rings (SSSR count). The van der Waals surface area contributed by atoms with E-state index in [0.717, 1.165) is 16.4 Å². The molecular weight excluding hydrogens is 310 g/mol. The van der Waals surface area contributed by atoms with Gasteiger partial charge < -0.3 is 10.1 Å². The second-order valence-corrected chi connectivity index (χ2v) is 6.14. The molecule has 5 nitrogen and oxygen atoms in total. The van der Waals surface area contributed by atoms with Crippen LogP contribution < -0.4 is 21.3 Å². The number of aryl methyl sites for hydroxylation is 2. The van der Waals surface area contributed by atoms with Gasteiger partial charge in [0.15, 0.2) is 0 Å². The van der Waals surface area contributed by atoms with Crippen LogP contribution in [0.15, 0.2) is 41.3 Å². The summed E-state index contributed by atoms with van der Waals surface area (Å²) in [7, 11) is 1.62. The molecule has 0 fully saturated rings. The second kappa shape index (κ2) is 7.89. The third-order valence-electron chi connectivity index (χ3n) is 3.45. The zero-order valence-electron chi connectivity index (χ0n) is 13.5. The van der Waals surface area contributed by atoms with Crippen LogP contribution in [0, 0.1) is 13.8 Å². The van der Waals surface area contributed by atoms with Gasteiger partial charge in [0, 0.05) is 5.75 Å². The zero-order chi connectivity index (χ0) is 16.8. The summed E-state index contributed by atoms with van der Waals surface area (Å²) < 4.78 is 5.42. The molecule has 0 radical (unpaired) electrons. The summed E-state index contributed by atoms with van der Waals surface area (Å²) in [6.07, 6.45) is 0. The first-order valence-electron chi connectivity index (χ1n) is 7.18. The van der Waals surface area contributed by atoms with E-state index in [1.165, 1.54) is 16.7 Å². The standard InChI is InChI=1S/C17H21N3O2S/c1-11-7-8-12(2)13(9-11)10-23-16-14(19-17(21)20-18)5-4-6-15(16)22-3/h4-9H,10,18H2,1-3H3,(H2,19,20,21). The molecule has 0 saturated heterocycles. The number of carbonyl (C=O) groups is 1. The number of anilines is 1. The summed E-state index contributed by atoms with van der Waals surface area (Å²) in [5.74, 6) is 6.64. The molecule has 6 heteroatoms. The summed E-state index contributed by atoms with van der Waals surface area (Å²) in [5.41, 5.74) is 6.47. The van der Waals surface area contributed by atoms with Crippen molar-refractivity contribution in [2.45, 2.75) is 24.5 Å². The van der Waals surface area contributed by atoms with E-state index in [1.807, 2.05) is 18.2 Å². The Balaban J connectivity index is 2.26. The van der Waals surface area contributed by atoms with Crippen LogP contribution in [-0.4, -0.2) is 13.1 Å². The molecule has 2 aromatic rings. The summed E-state index contributed by atoms with van der Waals surface area (Å²) in [6, 6.07) is 11.5. The third kappa shape index (κ3) is 4.40. The first-order chi connectivity index (χ1) is 11.0. The summed E-state index contributed by atoms with van der Waals surface area (Å²) in [4.78, 5) is 12.4. The van der Waals surface area contributed by atoms with E-state index in [0.29, 0.717) is 5.69 Å². The molecule has 0 aliphatic carbocycles. The topological polar surface area (TPSA) is 76.4 Å². The van der Waals surface area contributed by atoms with Gasteiger partial charge >= 0.3 is 6.03 Å². The number of amides is 2. The minimum absolute atomic E-state index is 0.466. The number of nitrogens with two attached hydrogens (primary N) is 1. The Morgan fingerprint density at radius 2 is 2.04 bits per heavy atom. The number of urea groups is 1. The number of methoxy groups -OCH3 is 1. The number of hydrogen-bond acceptors (Lipinski definition) is 4. The maximum atomic E-state index is 11.5. The molecule has 2 amide bonds. The molecule has 2 aromatic carbocycles. The van der Waals surface area contributed by atoms with Crippen molar-refractivity contribution in [1.29, 1.82) is 0 Å². The van der Waals surface area contributed by atoms with Crippen molar-refractivity contribution >= 4 is 23.5 Å². The van der Waals surface area contributed by atoms with Crippen LogP contribution in [0.25, 0.3) is 0 Å². The number of hydrazine groups is 1. The highest BCUT2D eigenvalue weighted by Crippen LogP contribution is 2.38. The Bertz CT molecular complexity index is 704. The van der Waals surface area contributed by atoms with Crippen LogP contribution in [0.4, 0.5) is 10.5 Å². The van der Waals surface area contributed by atoms with Crippen LogP contribution in [0.1, 0.15) is 16.7 Å². The van der Waals surface area contributed by atoms with Gasteiger partial charge in [0.2, 0.25) is 0 Å². The summed E-state index contributed by atoms with van der Waals surface area (Å²) >= 11 is 1.62. The number of carbonyl (C=O) groups excluding carboxylic acids is 1. The molecule has 0 bridgehead atoms. The highest BCUT2D eigenvalue weighted by molar-refractivity contribution is 7.98. The molecule has 122 valence electrons. The van der Waals surface area contributed by atoms with Crippen LogP contribution >= 0.6 is 11.8 Å². The number of hydrogen-bond donors (Lipinski definition) is 3. The molecule has 23 heavy (non-hydrogen) atoms. The molecule has 0 unspecified atom stereocenters. The van der Waals surface area contributed by atoms with E-state index in [2.05, 4.69) is 42.8 Å². The first-order valence-corrected chi connectivity index (χ1v) is 8.17. The van der Waals surface area contributed by atoms with Gasteiger partial charge in [-0.1, -0.05) is 29.8 Å². The molecule has 0 aromatic heterocycles. The average Bonchev–Trinajstić information content (AvgIpc) is 2.56. The van der Waals surface area contributed by atoms with Gasteiger partial charge in [-0.25, -0.2) is 10.6 Å². The molecular formula is C17H21N3O2S. The fourth-order valence-electron chi connectivity index (χ4n) is 2.19. The van der Waals surface area contributed by atoms with Crippen molar-refractivity contribution in [3.63, 3.8) is 0 Å². The lowest BCUT2D eigenvalue weighted by Gasteiger charge is -2.15. The van der Waals surface area contributed by atoms with Crippen LogP contribution in [0.3, 0.4) is 0 Å². The fourth-order valence-corrected chi connectivity index (χ4v) is 3.37. The van der Waals surface area contributed by atoms with E-state index in [4.69, 9.17) is 10.6 Å². The van der Waals surface area contributed by atoms with Gasteiger partial charge in [-0.2, -0.15) is 0 Å². The lowest BCUT2D eigenvalue weighted by atomic mass is 10.1. The molecule has 0 heterocycles. The second-order valence-electron chi connectivity index (χ2n) is 5.15. The van der Waals surface area contributed by atoms with Crippen LogP contribution in [-0.2, 0) is 5.75 Å². The smallest absolute Gasteiger partial charge is 0.333 e. The Kier molecular flexibility index (Phi) is 5.90. The SMILES string of the molecule is COc1cccc(NC(=O)NN)c1SCc1cc(C)ccc1C. The van der Waals surface area contributed by atoms with E-state index in [9.17, 15) is 4.79 Å². The van der Waals surface area contributed by atoms with E-state index < -0.39 is 6.03 Å². The summed E-state index contributed by atoms with van der Waals surface area (Å²) in [5, 5.41) is 2.72. The lowest BCUT2D eigenvalue weighted by Crippen LogP contribution is -2.34. The predicted octanol–water partition coefficient (Wildman–Crippen LogP) is 3.60. The van der Waals surface area contributed by atoms with Crippen molar-refractivity contribution in [2.24, 2.45) is 5.84 Å². The predicted molar refractivity (Wildman–Crippen MR) is 94.8 cm³/mol. The molecule has 0 spiro atoms. The van der Waals surface area contributed by atoms with Crippen molar-refractivity contribution in [3.05, 3.63) is 53.1 Å². The van der Waals surface area contributed by atoms with Gasteiger partial charge in [0.05, 0.1) is 17.7 Å². The summed E-state index contributed by atoms with van der Waals surface area (Å²) in [6.45, 7) is 4.17. The third-order valence-corrected chi connectivity index (χ3v) is 4.62. The minimum Gasteiger partial charge on any atom is -0.496 e. The monoisotopic (exact) mass is 331 g/mol. The quantitative estimate of drug-likeness (QED) is 0.339. The van der Waals surface area contributed by atoms with Crippen molar-refractivity contribution in [1.82, 2.24) is 5.43 Å². The van der Waals surface area contributed by atoms with Crippen LogP contribution in [0.5, 0.6) is 5.75 Å². The van der Waals surface area contributed by atoms with Gasteiger partial charge in [-0.3, -0.25) is 5.43 Å². The highest BCUT2D eigenvalue weighted by atomic mass is 32.2. The minimum atomic E-state index is -0.466. The largest absolute Gasteiger partial charge is 0.496 e. The molecule has 4 N–H and O–H groups in total. The fraction of sp³-hybridized carbons (Fsp3) is 0.235. The van der Waals surface area contributed by atoms with Gasteiger partial charge in [-0.05, 0) is 37.1 Å². The number of benzene rings is 2. The van der Waals surface area contributed by atoms with E-state index in [-0.39, 0.29) is 0 Å². The maximum absolute atomic E-state index is 11.5. The van der Waals surface area contributed by atoms with E-state index in [1.54, 1.807) is 18.9 Å². The Labute approximate surface area is 140 Å². The van der Waals surface area contributed by atoms with Gasteiger partial charge in [0.1, 0.15) is 5.75 Å². The number of ether oxygens (including phenoxy) is 1. The molecule has 0 aliphatic heterocycles. The lowest BCUT2D eigenvalue weighted by molar-refractivity contribution is 0.252. The molecule has 0 atom stereocenters. The number of rotatable bonds is 5. The van der Waals surface area contributed by atoms with Crippen LogP contribution in [0.2, 0.25) is 0 Å². The van der Waals surface area contributed by atoms with Gasteiger partial charge in [0.25, 0.3) is 0 Å². The maximum Gasteiger partial charge on any atom is 0.333 e. The normalized spacial score (nSPS) is 10.3. The first kappa shape index (κ1) is 17.2. The van der Waals surface area contributed by atoms with Crippen molar-refractivity contribution < 1.29 is 9.53 Å². The highest BCUT2D eigenvalue weighted by Gasteiger charge is 2.12. The van der Waals surface area contributed by atoms with Crippen molar-refractivity contribution in [2.75, 3.05) is 12.4 Å². The molecule has 0 aliphatic rings.